The summed E-state index contributed by atoms with van der Waals surface area (Å²) in [6.07, 6.45) is 2.98. The molecule has 1 N–H and O–H groups in total. The van der Waals surface area contributed by atoms with E-state index in [1.54, 1.807) is 0 Å². The van der Waals surface area contributed by atoms with Crippen molar-refractivity contribution in [3.63, 3.8) is 0 Å². The van der Waals surface area contributed by atoms with Gasteiger partial charge >= 0.3 is 0 Å². The van der Waals surface area contributed by atoms with E-state index in [4.69, 9.17) is 0 Å². The Morgan fingerprint density at radius 2 is 1.67 bits per heavy atom. The van der Waals surface area contributed by atoms with Crippen LogP contribution >= 0.6 is 0 Å². The molecule has 0 aliphatic rings. The largest absolute Gasteiger partial charge is 0.385 e. The average molecular weight is 239 g/mol. The van der Waals surface area contributed by atoms with Gasteiger partial charge in [-0.1, -0.05) is 42.5 Å². The number of carbonyl (C=O) groups excluding carboxylic acids is 1. The summed E-state index contributed by atoms with van der Waals surface area (Å²) >= 11 is 0. The van der Waals surface area contributed by atoms with Gasteiger partial charge in [-0.05, 0) is 30.5 Å². The maximum absolute atomic E-state index is 10.5. The Morgan fingerprint density at radius 1 is 0.944 bits per heavy atom. The zero-order chi connectivity index (χ0) is 12.6. The Morgan fingerprint density at radius 3 is 2.33 bits per heavy atom. The zero-order valence-corrected chi connectivity index (χ0v) is 10.3. The highest BCUT2D eigenvalue weighted by Crippen LogP contribution is 2.07. The molecule has 0 saturated carbocycles. The van der Waals surface area contributed by atoms with Gasteiger partial charge in [0.05, 0.1) is 0 Å². The minimum absolute atomic E-state index is 0.737. The molecule has 2 rings (SSSR count). The Balaban J connectivity index is 1.73. The third-order valence-corrected chi connectivity index (χ3v) is 2.86. The fraction of sp³-hybridized carbons (Fsp3) is 0.188. The van der Waals surface area contributed by atoms with E-state index in [2.05, 4.69) is 17.4 Å². The summed E-state index contributed by atoms with van der Waals surface area (Å²) in [5.41, 5.74) is 3.17. The highest BCUT2D eigenvalue weighted by molar-refractivity contribution is 5.74. The number of hydrogen-bond donors (Lipinski definition) is 1. The van der Waals surface area contributed by atoms with E-state index >= 15 is 0 Å². The minimum atomic E-state index is 0.737. The number of aldehydes is 1. The molecular formula is C16H17NO. The number of carbonyl (C=O) groups is 1. The van der Waals surface area contributed by atoms with Crippen molar-refractivity contribution >= 4 is 12.0 Å². The maximum Gasteiger partial charge on any atom is 0.150 e. The first-order chi connectivity index (χ1) is 8.88. The molecule has 0 saturated heterocycles. The molecule has 0 aliphatic carbocycles. The Labute approximate surface area is 108 Å². The van der Waals surface area contributed by atoms with Gasteiger partial charge in [0.2, 0.25) is 0 Å². The lowest BCUT2D eigenvalue weighted by atomic mass is 10.1. The predicted octanol–water partition coefficient (Wildman–Crippen LogP) is 3.54. The van der Waals surface area contributed by atoms with Crippen LogP contribution in [0.2, 0.25) is 0 Å². The SMILES string of the molecule is O=Cc1ccc(CCCNc2ccccc2)cc1. The molecule has 92 valence electrons. The molecule has 18 heavy (non-hydrogen) atoms. The third kappa shape index (κ3) is 3.74. The van der Waals surface area contributed by atoms with Gasteiger partial charge in [-0.25, -0.2) is 0 Å². The van der Waals surface area contributed by atoms with Gasteiger partial charge in [0.25, 0.3) is 0 Å². The summed E-state index contributed by atoms with van der Waals surface area (Å²) in [5, 5.41) is 3.38. The molecule has 0 fully saturated rings. The molecule has 0 spiro atoms. The van der Waals surface area contributed by atoms with Gasteiger partial charge in [0.1, 0.15) is 6.29 Å². The molecule has 0 aliphatic heterocycles. The number of anilines is 1. The monoisotopic (exact) mass is 239 g/mol. The molecule has 0 heterocycles. The predicted molar refractivity (Wildman–Crippen MR) is 75.1 cm³/mol. The lowest BCUT2D eigenvalue weighted by Gasteiger charge is -2.06. The third-order valence-electron chi connectivity index (χ3n) is 2.86. The van der Waals surface area contributed by atoms with Gasteiger partial charge in [-0.15, -0.1) is 0 Å². The van der Waals surface area contributed by atoms with E-state index in [1.807, 2.05) is 42.5 Å². The molecule has 2 aromatic rings. The van der Waals surface area contributed by atoms with Crippen LogP contribution in [-0.2, 0) is 6.42 Å². The molecule has 0 amide bonds. The summed E-state index contributed by atoms with van der Waals surface area (Å²) in [6.45, 7) is 0.958. The summed E-state index contributed by atoms with van der Waals surface area (Å²) in [5.74, 6) is 0. The second kappa shape index (κ2) is 6.60. The second-order valence-electron chi connectivity index (χ2n) is 4.26. The van der Waals surface area contributed by atoms with Crippen LogP contribution in [0.1, 0.15) is 22.3 Å². The van der Waals surface area contributed by atoms with Crippen LogP contribution in [0, 0.1) is 0 Å². The summed E-state index contributed by atoms with van der Waals surface area (Å²) in [6, 6.07) is 18.0. The van der Waals surface area contributed by atoms with Crippen molar-refractivity contribution in [2.75, 3.05) is 11.9 Å². The number of nitrogens with one attached hydrogen (secondary N) is 1. The van der Waals surface area contributed by atoms with Gasteiger partial charge in [-0.3, -0.25) is 4.79 Å². The van der Waals surface area contributed by atoms with E-state index in [0.717, 1.165) is 36.9 Å². The molecule has 0 radical (unpaired) electrons. The first-order valence-electron chi connectivity index (χ1n) is 6.21. The van der Waals surface area contributed by atoms with E-state index in [1.165, 1.54) is 5.56 Å². The van der Waals surface area contributed by atoms with E-state index in [9.17, 15) is 4.79 Å². The van der Waals surface area contributed by atoms with Crippen LogP contribution in [0.3, 0.4) is 0 Å². The van der Waals surface area contributed by atoms with E-state index < -0.39 is 0 Å². The van der Waals surface area contributed by atoms with Gasteiger partial charge in [0, 0.05) is 17.8 Å². The Bertz CT molecular complexity index is 476. The summed E-state index contributed by atoms with van der Waals surface area (Å²) < 4.78 is 0. The van der Waals surface area contributed by atoms with Crippen molar-refractivity contribution < 1.29 is 4.79 Å². The number of aryl methyl sites for hydroxylation is 1. The molecular weight excluding hydrogens is 222 g/mol. The maximum atomic E-state index is 10.5. The molecule has 2 nitrogen and oxygen atoms in total. The standard InChI is InChI=1S/C16H17NO/c18-13-15-10-8-14(9-11-15)5-4-12-17-16-6-2-1-3-7-16/h1-3,6-11,13,17H,4-5,12H2. The molecule has 0 bridgehead atoms. The van der Waals surface area contributed by atoms with Crippen molar-refractivity contribution in [2.24, 2.45) is 0 Å². The molecule has 2 aromatic carbocycles. The first-order valence-corrected chi connectivity index (χ1v) is 6.21. The number of benzene rings is 2. The van der Waals surface area contributed by atoms with Crippen LogP contribution in [0.15, 0.2) is 54.6 Å². The lowest BCUT2D eigenvalue weighted by molar-refractivity contribution is 0.112. The van der Waals surface area contributed by atoms with Gasteiger partial charge in [0.15, 0.2) is 0 Å². The number of hydrogen-bond acceptors (Lipinski definition) is 2. The normalized spacial score (nSPS) is 10.0. The van der Waals surface area contributed by atoms with E-state index in [0.29, 0.717) is 0 Å². The zero-order valence-electron chi connectivity index (χ0n) is 10.3. The minimum Gasteiger partial charge on any atom is -0.385 e. The van der Waals surface area contributed by atoms with Crippen LogP contribution < -0.4 is 5.32 Å². The highest BCUT2D eigenvalue weighted by atomic mass is 16.1. The first kappa shape index (κ1) is 12.4. The fourth-order valence-corrected chi connectivity index (χ4v) is 1.84. The Kier molecular flexibility index (Phi) is 4.53. The quantitative estimate of drug-likeness (QED) is 0.617. The fourth-order valence-electron chi connectivity index (χ4n) is 1.84. The smallest absolute Gasteiger partial charge is 0.150 e. The van der Waals surface area contributed by atoms with Crippen LogP contribution in [0.25, 0.3) is 0 Å². The van der Waals surface area contributed by atoms with Crippen molar-refractivity contribution in [3.05, 3.63) is 65.7 Å². The molecule has 2 heteroatoms. The summed E-state index contributed by atoms with van der Waals surface area (Å²) in [7, 11) is 0. The topological polar surface area (TPSA) is 29.1 Å². The van der Waals surface area contributed by atoms with Crippen molar-refractivity contribution in [2.45, 2.75) is 12.8 Å². The summed E-state index contributed by atoms with van der Waals surface area (Å²) in [4.78, 5) is 10.5. The average Bonchev–Trinajstić information content (AvgIpc) is 2.45. The molecule has 0 atom stereocenters. The van der Waals surface area contributed by atoms with Crippen LogP contribution in [-0.4, -0.2) is 12.8 Å². The number of para-hydroxylation sites is 1. The number of rotatable bonds is 6. The van der Waals surface area contributed by atoms with Crippen LogP contribution in [0.4, 0.5) is 5.69 Å². The molecule has 0 unspecified atom stereocenters. The second-order valence-corrected chi connectivity index (χ2v) is 4.26. The molecule has 0 aromatic heterocycles. The van der Waals surface area contributed by atoms with E-state index in [-0.39, 0.29) is 0 Å². The highest BCUT2D eigenvalue weighted by Gasteiger charge is 1.95. The van der Waals surface area contributed by atoms with Crippen molar-refractivity contribution in [3.8, 4) is 0 Å². The van der Waals surface area contributed by atoms with Crippen molar-refractivity contribution in [1.82, 2.24) is 0 Å². The van der Waals surface area contributed by atoms with Crippen molar-refractivity contribution in [1.29, 1.82) is 0 Å². The van der Waals surface area contributed by atoms with Crippen LogP contribution in [0.5, 0.6) is 0 Å². The Hall–Kier alpha value is -2.09. The van der Waals surface area contributed by atoms with Gasteiger partial charge < -0.3 is 5.32 Å². The van der Waals surface area contributed by atoms with Gasteiger partial charge in [-0.2, -0.15) is 0 Å². The lowest BCUT2D eigenvalue weighted by Crippen LogP contribution is -2.02.